The molecule has 1 aromatic heterocycles. The summed E-state index contributed by atoms with van der Waals surface area (Å²) in [6.45, 7) is 8.69. The Bertz CT molecular complexity index is 672. The molecule has 3 nitrogen and oxygen atoms in total. The van der Waals surface area contributed by atoms with E-state index in [0.717, 1.165) is 35.5 Å². The molecule has 4 rings (SSSR count). The highest BCUT2D eigenvalue weighted by molar-refractivity contribution is 7.97. The van der Waals surface area contributed by atoms with E-state index in [9.17, 15) is 13.2 Å². The highest BCUT2D eigenvalue weighted by Gasteiger charge is 2.53. The summed E-state index contributed by atoms with van der Waals surface area (Å²) < 4.78 is 40.9. The third kappa shape index (κ3) is 4.01. The monoisotopic (exact) mass is 399 g/mol. The molecule has 7 heteroatoms. The lowest BCUT2D eigenvalue weighted by molar-refractivity contribution is -0.141. The molecule has 1 saturated carbocycles. The molecule has 27 heavy (non-hydrogen) atoms. The normalized spacial score (nSPS) is 28.8. The van der Waals surface area contributed by atoms with Crippen LogP contribution in [-0.2, 0) is 12.6 Å². The summed E-state index contributed by atoms with van der Waals surface area (Å²) in [6.07, 6.45) is 3.00. The fourth-order valence-corrected chi connectivity index (χ4v) is 6.16. The quantitative estimate of drug-likeness (QED) is 0.673. The van der Waals surface area contributed by atoms with Crippen molar-refractivity contribution in [2.45, 2.75) is 63.1 Å². The number of likely N-dealkylation sites (tertiary alicyclic amines) is 1. The largest absolute Gasteiger partial charge is 0.433 e. The summed E-state index contributed by atoms with van der Waals surface area (Å²) in [7, 11) is 0. The molecule has 0 amide bonds. The van der Waals surface area contributed by atoms with Crippen LogP contribution >= 0.6 is 11.9 Å². The Morgan fingerprint density at radius 1 is 1.15 bits per heavy atom. The summed E-state index contributed by atoms with van der Waals surface area (Å²) in [5.41, 5.74) is 0.358. The van der Waals surface area contributed by atoms with E-state index in [0.29, 0.717) is 11.8 Å². The Kier molecular flexibility index (Phi) is 5.23. The second kappa shape index (κ2) is 7.23. The van der Waals surface area contributed by atoms with Crippen molar-refractivity contribution in [3.05, 3.63) is 23.5 Å². The molecule has 0 atom stereocenters. The number of hydrogen-bond acceptors (Lipinski definition) is 4. The Hall–Kier alpha value is -0.790. The van der Waals surface area contributed by atoms with Gasteiger partial charge in [0.05, 0.1) is 0 Å². The van der Waals surface area contributed by atoms with Crippen LogP contribution < -0.4 is 0 Å². The molecule has 0 N–H and O–H groups in total. The number of aryl methyl sites for hydroxylation is 1. The number of halogens is 3. The number of hydrogen-bond donors (Lipinski definition) is 0. The van der Waals surface area contributed by atoms with Crippen molar-refractivity contribution >= 4 is 11.9 Å². The molecule has 1 aromatic rings. The molecule has 1 aliphatic carbocycles. The maximum Gasteiger partial charge on any atom is 0.433 e. The molecule has 0 bridgehead atoms. The van der Waals surface area contributed by atoms with E-state index in [2.05, 4.69) is 21.1 Å². The van der Waals surface area contributed by atoms with Gasteiger partial charge in [-0.15, -0.1) is 0 Å². The van der Waals surface area contributed by atoms with Crippen LogP contribution in [0.1, 0.15) is 50.8 Å². The zero-order chi connectivity index (χ0) is 19.2. The van der Waals surface area contributed by atoms with Crippen LogP contribution in [-0.4, -0.2) is 46.4 Å². The van der Waals surface area contributed by atoms with Gasteiger partial charge in [0, 0.05) is 48.7 Å². The second-order valence-electron chi connectivity index (χ2n) is 8.74. The van der Waals surface area contributed by atoms with Gasteiger partial charge in [-0.2, -0.15) is 13.2 Å². The van der Waals surface area contributed by atoms with E-state index < -0.39 is 11.9 Å². The topological polar surface area (TPSA) is 19.4 Å². The van der Waals surface area contributed by atoms with Gasteiger partial charge in [-0.3, -0.25) is 9.88 Å². The summed E-state index contributed by atoms with van der Waals surface area (Å²) >= 11 is 1.57. The van der Waals surface area contributed by atoms with Crippen molar-refractivity contribution in [2.75, 3.05) is 26.2 Å². The molecule has 3 aliphatic rings. The van der Waals surface area contributed by atoms with Crippen molar-refractivity contribution < 1.29 is 13.2 Å². The molecule has 0 radical (unpaired) electrons. The van der Waals surface area contributed by atoms with Crippen LogP contribution in [0.4, 0.5) is 13.2 Å². The van der Waals surface area contributed by atoms with Crippen molar-refractivity contribution in [3.63, 3.8) is 0 Å². The fraction of sp³-hybridized carbons (Fsp3) is 0.750. The number of nitrogens with zero attached hydrogens (tertiary/aromatic N) is 3. The molecule has 2 saturated heterocycles. The Morgan fingerprint density at radius 3 is 2.41 bits per heavy atom. The van der Waals surface area contributed by atoms with E-state index in [1.165, 1.54) is 51.0 Å². The maximum atomic E-state index is 12.9. The molecular weight excluding hydrogens is 371 g/mol. The molecule has 150 valence electrons. The molecule has 3 fully saturated rings. The molecular formula is C20H28F3N3S. The smallest absolute Gasteiger partial charge is 0.299 e. The summed E-state index contributed by atoms with van der Waals surface area (Å²) in [5.74, 6) is 0.886. The first-order valence-electron chi connectivity index (χ1n) is 10.0. The van der Waals surface area contributed by atoms with E-state index in [1.54, 1.807) is 11.9 Å². The predicted molar refractivity (Wildman–Crippen MR) is 101 cm³/mol. The zero-order valence-electron chi connectivity index (χ0n) is 16.1. The van der Waals surface area contributed by atoms with Gasteiger partial charge >= 0.3 is 6.18 Å². The van der Waals surface area contributed by atoms with Gasteiger partial charge in [-0.05, 0) is 61.6 Å². The number of aromatic nitrogens is 1. The van der Waals surface area contributed by atoms with Gasteiger partial charge in [0.25, 0.3) is 0 Å². The maximum absolute atomic E-state index is 12.9. The molecule has 1 spiro atoms. The van der Waals surface area contributed by atoms with Crippen LogP contribution in [0.2, 0.25) is 0 Å². The van der Waals surface area contributed by atoms with Crippen LogP contribution in [0.5, 0.6) is 0 Å². The molecule has 0 unspecified atom stereocenters. The third-order valence-corrected chi connectivity index (χ3v) is 7.53. The van der Waals surface area contributed by atoms with Crippen molar-refractivity contribution in [3.8, 4) is 0 Å². The van der Waals surface area contributed by atoms with E-state index >= 15 is 0 Å². The highest BCUT2D eigenvalue weighted by Crippen LogP contribution is 2.47. The molecule has 3 heterocycles. The Labute approximate surface area is 163 Å². The first-order chi connectivity index (χ1) is 12.8. The van der Waals surface area contributed by atoms with Crippen LogP contribution in [0, 0.1) is 11.3 Å². The van der Waals surface area contributed by atoms with E-state index in [-0.39, 0.29) is 0 Å². The van der Waals surface area contributed by atoms with E-state index in [1.807, 2.05) is 6.92 Å². The third-order valence-electron chi connectivity index (χ3n) is 6.45. The summed E-state index contributed by atoms with van der Waals surface area (Å²) in [4.78, 5) is 7.16. The first kappa shape index (κ1) is 19.5. The number of rotatable bonds is 4. The SMILES string of the molecule is CCc1cc(C(F)(F)F)ncc1SN1CC2(C1)CN(C1CCC(C)CC1)C2. The van der Waals surface area contributed by atoms with Crippen molar-refractivity contribution in [2.24, 2.45) is 11.3 Å². The second-order valence-corrected chi connectivity index (χ2v) is 9.88. The standard InChI is InChI=1S/C20H28F3N3S/c1-3-15-8-18(20(21,22)23)24-9-17(15)27-26-12-19(13-26)10-25(11-19)16-6-4-14(2)5-7-16/h8-9,14,16H,3-7,10-13H2,1-2H3. The zero-order valence-corrected chi connectivity index (χ0v) is 16.9. The predicted octanol–water partition coefficient (Wildman–Crippen LogP) is 4.87. The highest BCUT2D eigenvalue weighted by atomic mass is 32.2. The van der Waals surface area contributed by atoms with Gasteiger partial charge in [-0.25, -0.2) is 4.31 Å². The summed E-state index contributed by atoms with van der Waals surface area (Å²) in [6, 6.07) is 1.98. The Morgan fingerprint density at radius 2 is 1.81 bits per heavy atom. The molecule has 0 aromatic carbocycles. The summed E-state index contributed by atoms with van der Waals surface area (Å²) in [5, 5.41) is 0. The van der Waals surface area contributed by atoms with Crippen molar-refractivity contribution in [1.29, 1.82) is 0 Å². The minimum absolute atomic E-state index is 0.418. The van der Waals surface area contributed by atoms with Gasteiger partial charge in [-0.1, -0.05) is 13.8 Å². The van der Waals surface area contributed by atoms with Gasteiger partial charge in [0.2, 0.25) is 0 Å². The van der Waals surface area contributed by atoms with Gasteiger partial charge in [0.1, 0.15) is 5.69 Å². The lowest BCUT2D eigenvalue weighted by atomic mass is 9.72. The van der Waals surface area contributed by atoms with E-state index in [4.69, 9.17) is 0 Å². The number of alkyl halides is 3. The average molecular weight is 400 g/mol. The minimum Gasteiger partial charge on any atom is -0.299 e. The molecule has 2 aliphatic heterocycles. The lowest BCUT2D eigenvalue weighted by Gasteiger charge is -2.62. The van der Waals surface area contributed by atoms with Crippen LogP contribution in [0.3, 0.4) is 0 Å². The Balaban J connectivity index is 1.29. The van der Waals surface area contributed by atoms with Gasteiger partial charge in [0.15, 0.2) is 0 Å². The first-order valence-corrected chi connectivity index (χ1v) is 10.8. The van der Waals surface area contributed by atoms with Crippen LogP contribution in [0.15, 0.2) is 17.2 Å². The van der Waals surface area contributed by atoms with Crippen molar-refractivity contribution in [1.82, 2.24) is 14.2 Å². The minimum atomic E-state index is -4.37. The van der Waals surface area contributed by atoms with Crippen LogP contribution in [0.25, 0.3) is 0 Å². The average Bonchev–Trinajstić information content (AvgIpc) is 2.56. The fourth-order valence-electron chi connectivity index (χ4n) is 4.78. The number of pyridine rings is 1. The van der Waals surface area contributed by atoms with Gasteiger partial charge < -0.3 is 0 Å². The lowest BCUT2D eigenvalue weighted by Crippen LogP contribution is -2.72.